The molecule has 2 saturated heterocycles. The monoisotopic (exact) mass is 508 g/mol. The van der Waals surface area contributed by atoms with E-state index >= 15 is 0 Å². The van der Waals surface area contributed by atoms with Gasteiger partial charge in [-0.3, -0.25) is 0 Å². The number of piperidine rings is 1. The number of aliphatic hydroxyl groups excluding tert-OH is 1. The fourth-order valence-corrected chi connectivity index (χ4v) is 5.17. The molecule has 2 aliphatic rings. The summed E-state index contributed by atoms with van der Waals surface area (Å²) in [4.78, 5) is 25.7. The molecule has 5 rings (SSSR count). The number of carbonyl (C=O) groups is 1. The topological polar surface area (TPSA) is 106 Å². The Balaban J connectivity index is 1.43. The van der Waals surface area contributed by atoms with Crippen LogP contribution in [-0.4, -0.2) is 86.9 Å². The van der Waals surface area contributed by atoms with Crippen LogP contribution in [0.15, 0.2) is 24.4 Å². The Morgan fingerprint density at radius 1 is 1.08 bits per heavy atom. The number of amides is 1. The molecule has 0 aliphatic carbocycles. The molecule has 2 aliphatic heterocycles. The number of likely N-dealkylation sites (tertiary alicyclic amines) is 1. The van der Waals surface area contributed by atoms with Gasteiger partial charge in [0.25, 0.3) is 0 Å². The average molecular weight is 509 g/mol. The summed E-state index contributed by atoms with van der Waals surface area (Å²) in [5.74, 6) is 2.16. The van der Waals surface area contributed by atoms with E-state index in [0.717, 1.165) is 40.9 Å². The van der Waals surface area contributed by atoms with Crippen LogP contribution in [0.25, 0.3) is 16.7 Å². The zero-order valence-electron chi connectivity index (χ0n) is 22.3. The first-order valence-electron chi connectivity index (χ1n) is 12.9. The molecule has 3 aromatic rings. The predicted molar refractivity (Wildman–Crippen MR) is 140 cm³/mol. The lowest BCUT2D eigenvalue weighted by molar-refractivity contribution is -0.00155. The van der Waals surface area contributed by atoms with Gasteiger partial charge in [-0.05, 0) is 64.3 Å². The summed E-state index contributed by atoms with van der Waals surface area (Å²) in [7, 11) is 0. The maximum Gasteiger partial charge on any atom is 0.410 e. The molecule has 2 aromatic heterocycles. The maximum atomic E-state index is 12.5. The standard InChI is InChI=1S/C27H36N6O4/c1-17-12-19-15-28-33(25-14-24(29-18(2)30-25)31-8-10-36-11-9-31)22(19)13-21(17)20-6-7-32(16-23(20)34)26(35)37-27(3,4)5/h12-15,20,23,34H,6-11,16H2,1-5H3. The molecule has 0 radical (unpaired) electrons. The van der Waals surface area contributed by atoms with Gasteiger partial charge in [0.1, 0.15) is 17.2 Å². The number of anilines is 1. The molecule has 2 fully saturated rings. The zero-order valence-corrected chi connectivity index (χ0v) is 22.3. The van der Waals surface area contributed by atoms with Crippen LogP contribution >= 0.6 is 0 Å². The summed E-state index contributed by atoms with van der Waals surface area (Å²) in [5, 5.41) is 16.7. The van der Waals surface area contributed by atoms with Crippen molar-refractivity contribution in [3.8, 4) is 5.82 Å². The Labute approximate surface area is 217 Å². The molecular weight excluding hydrogens is 472 g/mol. The lowest BCUT2D eigenvalue weighted by atomic mass is 9.84. The summed E-state index contributed by atoms with van der Waals surface area (Å²) in [6, 6.07) is 6.19. The number of β-amino-alcohol motifs (C(OH)–C–C–N with tert-alkyl or cyclic N) is 1. The van der Waals surface area contributed by atoms with E-state index < -0.39 is 11.7 Å². The highest BCUT2D eigenvalue weighted by Gasteiger charge is 2.34. The third-order valence-electron chi connectivity index (χ3n) is 6.95. The summed E-state index contributed by atoms with van der Waals surface area (Å²) in [6.45, 7) is 13.2. The van der Waals surface area contributed by atoms with Crippen molar-refractivity contribution >= 4 is 22.8 Å². The summed E-state index contributed by atoms with van der Waals surface area (Å²) >= 11 is 0. The fourth-order valence-electron chi connectivity index (χ4n) is 5.17. The fraction of sp³-hybridized carbons (Fsp3) is 0.556. The first kappa shape index (κ1) is 25.4. The molecule has 10 heteroatoms. The lowest BCUT2D eigenvalue weighted by Gasteiger charge is -2.37. The van der Waals surface area contributed by atoms with Crippen molar-refractivity contribution in [1.29, 1.82) is 0 Å². The maximum absolute atomic E-state index is 12.5. The lowest BCUT2D eigenvalue weighted by Crippen LogP contribution is -2.47. The Morgan fingerprint density at radius 3 is 2.51 bits per heavy atom. The number of fused-ring (bicyclic) bond motifs is 1. The molecule has 1 aromatic carbocycles. The van der Waals surface area contributed by atoms with Crippen molar-refractivity contribution in [2.75, 3.05) is 44.3 Å². The van der Waals surface area contributed by atoms with Gasteiger partial charge in [-0.15, -0.1) is 0 Å². The van der Waals surface area contributed by atoms with Crippen molar-refractivity contribution in [3.05, 3.63) is 41.3 Å². The number of hydrogen-bond acceptors (Lipinski definition) is 8. The van der Waals surface area contributed by atoms with Crippen molar-refractivity contribution in [2.24, 2.45) is 0 Å². The van der Waals surface area contributed by atoms with Gasteiger partial charge in [0.2, 0.25) is 0 Å². The first-order chi connectivity index (χ1) is 17.6. The van der Waals surface area contributed by atoms with Gasteiger partial charge in [0.15, 0.2) is 5.82 Å². The number of carbonyl (C=O) groups excluding carboxylic acids is 1. The molecule has 2 unspecified atom stereocenters. The molecule has 37 heavy (non-hydrogen) atoms. The van der Waals surface area contributed by atoms with E-state index in [-0.39, 0.29) is 18.6 Å². The summed E-state index contributed by atoms with van der Waals surface area (Å²) in [5.41, 5.74) is 2.51. The molecule has 198 valence electrons. The predicted octanol–water partition coefficient (Wildman–Crippen LogP) is 3.35. The second kappa shape index (κ2) is 9.90. The minimum absolute atomic E-state index is 0.0949. The van der Waals surface area contributed by atoms with Crippen LogP contribution in [0.1, 0.15) is 50.1 Å². The van der Waals surface area contributed by atoms with E-state index in [0.29, 0.717) is 37.8 Å². The quantitative estimate of drug-likeness (QED) is 0.574. The molecule has 2 atom stereocenters. The number of nitrogens with zero attached hydrogens (tertiary/aromatic N) is 6. The van der Waals surface area contributed by atoms with Crippen LogP contribution in [0.4, 0.5) is 10.6 Å². The first-order valence-corrected chi connectivity index (χ1v) is 12.9. The number of benzene rings is 1. The number of hydrogen-bond donors (Lipinski definition) is 1. The number of rotatable bonds is 3. The van der Waals surface area contributed by atoms with Gasteiger partial charge in [0, 0.05) is 37.0 Å². The van der Waals surface area contributed by atoms with E-state index in [2.05, 4.69) is 39.0 Å². The third kappa shape index (κ3) is 5.40. The van der Waals surface area contributed by atoms with Crippen molar-refractivity contribution < 1.29 is 19.4 Å². The number of aliphatic hydroxyl groups is 1. The van der Waals surface area contributed by atoms with Gasteiger partial charge < -0.3 is 24.4 Å². The number of ether oxygens (including phenoxy) is 2. The van der Waals surface area contributed by atoms with Crippen LogP contribution < -0.4 is 4.90 Å². The van der Waals surface area contributed by atoms with Gasteiger partial charge in [-0.1, -0.05) is 0 Å². The Bertz CT molecular complexity index is 1290. The highest BCUT2D eigenvalue weighted by molar-refractivity contribution is 5.82. The summed E-state index contributed by atoms with van der Waals surface area (Å²) < 4.78 is 12.8. The van der Waals surface area contributed by atoms with E-state index in [1.807, 2.05) is 44.6 Å². The van der Waals surface area contributed by atoms with Gasteiger partial charge in [-0.2, -0.15) is 5.10 Å². The molecule has 0 saturated carbocycles. The Morgan fingerprint density at radius 2 is 1.81 bits per heavy atom. The van der Waals surface area contributed by atoms with Gasteiger partial charge in [0.05, 0.1) is 37.6 Å². The molecule has 0 bridgehead atoms. The largest absolute Gasteiger partial charge is 0.444 e. The van der Waals surface area contributed by atoms with Crippen molar-refractivity contribution in [1.82, 2.24) is 24.6 Å². The molecule has 0 spiro atoms. The molecular formula is C27H36N6O4. The second-order valence-electron chi connectivity index (χ2n) is 10.9. The van der Waals surface area contributed by atoms with Crippen molar-refractivity contribution in [2.45, 2.75) is 58.7 Å². The van der Waals surface area contributed by atoms with Crippen molar-refractivity contribution in [3.63, 3.8) is 0 Å². The smallest absolute Gasteiger partial charge is 0.410 e. The molecule has 4 heterocycles. The highest BCUT2D eigenvalue weighted by atomic mass is 16.6. The third-order valence-corrected chi connectivity index (χ3v) is 6.95. The SMILES string of the molecule is Cc1nc(N2CCOCC2)cc(-n2ncc3cc(C)c(C4CCN(C(=O)OC(C)(C)C)CC4O)cc32)n1. The number of aryl methyl sites for hydroxylation is 2. The van der Waals surface area contributed by atoms with Crippen LogP contribution in [0, 0.1) is 13.8 Å². The normalized spacial score (nSPS) is 20.9. The van der Waals surface area contributed by atoms with Gasteiger partial charge >= 0.3 is 6.09 Å². The highest BCUT2D eigenvalue weighted by Crippen LogP contribution is 2.34. The molecule has 10 nitrogen and oxygen atoms in total. The van der Waals surface area contributed by atoms with Gasteiger partial charge in [-0.25, -0.2) is 19.4 Å². The van der Waals surface area contributed by atoms with Crippen LogP contribution in [0.3, 0.4) is 0 Å². The second-order valence-corrected chi connectivity index (χ2v) is 10.9. The Kier molecular flexibility index (Phi) is 6.80. The number of aromatic nitrogens is 4. The summed E-state index contributed by atoms with van der Waals surface area (Å²) in [6.07, 6.45) is 1.42. The average Bonchev–Trinajstić information content (AvgIpc) is 3.25. The van der Waals surface area contributed by atoms with Crippen LogP contribution in [-0.2, 0) is 9.47 Å². The van der Waals surface area contributed by atoms with E-state index in [1.165, 1.54) is 0 Å². The number of morpholine rings is 1. The minimum atomic E-state index is -0.692. The molecule has 1 amide bonds. The molecule has 1 N–H and O–H groups in total. The van der Waals surface area contributed by atoms with Crippen LogP contribution in [0.2, 0.25) is 0 Å². The van der Waals surface area contributed by atoms with E-state index in [1.54, 1.807) is 4.90 Å². The minimum Gasteiger partial charge on any atom is -0.444 e. The zero-order chi connectivity index (χ0) is 26.3. The van der Waals surface area contributed by atoms with Crippen LogP contribution in [0.5, 0.6) is 0 Å². The van der Waals surface area contributed by atoms with E-state index in [4.69, 9.17) is 9.47 Å². The van der Waals surface area contributed by atoms with E-state index in [9.17, 15) is 9.90 Å². The Hall–Kier alpha value is -3.24.